The molecule has 0 saturated carbocycles. The second kappa shape index (κ2) is 5.54. The molecule has 108 valence electrons. The monoisotopic (exact) mass is 286 g/mol. The maximum atomic E-state index is 13.5. The van der Waals surface area contributed by atoms with E-state index in [0.717, 1.165) is 5.69 Å². The van der Waals surface area contributed by atoms with E-state index in [-0.39, 0.29) is 12.4 Å². The summed E-state index contributed by atoms with van der Waals surface area (Å²) >= 11 is 0. The van der Waals surface area contributed by atoms with Crippen molar-refractivity contribution in [2.24, 2.45) is 0 Å². The zero-order valence-corrected chi connectivity index (χ0v) is 11.5. The van der Waals surface area contributed by atoms with Gasteiger partial charge in [0.2, 0.25) is 0 Å². The van der Waals surface area contributed by atoms with Crippen molar-refractivity contribution in [1.82, 2.24) is 4.98 Å². The second-order valence-electron chi connectivity index (χ2n) is 4.87. The highest BCUT2D eigenvalue weighted by Gasteiger charge is 2.15. The Hall–Kier alpha value is -2.40. The molecule has 5 heteroatoms. The zero-order valence-electron chi connectivity index (χ0n) is 11.5. The quantitative estimate of drug-likeness (QED) is 0.771. The summed E-state index contributed by atoms with van der Waals surface area (Å²) in [5, 5.41) is 13.4. The molecule has 0 aliphatic heterocycles. The van der Waals surface area contributed by atoms with Crippen LogP contribution in [0.5, 0.6) is 0 Å². The van der Waals surface area contributed by atoms with E-state index >= 15 is 0 Å². The van der Waals surface area contributed by atoms with Crippen LogP contribution < -0.4 is 5.32 Å². The highest BCUT2D eigenvalue weighted by Crippen LogP contribution is 2.28. The van der Waals surface area contributed by atoms with Gasteiger partial charge in [0.05, 0.1) is 18.4 Å². The van der Waals surface area contributed by atoms with Crippen molar-refractivity contribution in [3.63, 3.8) is 0 Å². The minimum absolute atomic E-state index is 0.133. The molecule has 4 nitrogen and oxygen atoms in total. The van der Waals surface area contributed by atoms with Crippen molar-refractivity contribution in [3.05, 3.63) is 59.9 Å². The van der Waals surface area contributed by atoms with Crippen molar-refractivity contribution in [2.75, 3.05) is 11.9 Å². The molecule has 21 heavy (non-hydrogen) atoms. The van der Waals surface area contributed by atoms with Gasteiger partial charge in [-0.3, -0.25) is 4.98 Å². The fraction of sp³-hybridized carbons (Fsp3) is 0.188. The van der Waals surface area contributed by atoms with Crippen molar-refractivity contribution in [1.29, 1.82) is 0 Å². The molecule has 0 radical (unpaired) electrons. The summed E-state index contributed by atoms with van der Waals surface area (Å²) in [7, 11) is 0. The van der Waals surface area contributed by atoms with Crippen LogP contribution in [-0.4, -0.2) is 16.7 Å². The van der Waals surface area contributed by atoms with Gasteiger partial charge in [-0.25, -0.2) is 4.39 Å². The van der Waals surface area contributed by atoms with Gasteiger partial charge in [-0.1, -0.05) is 0 Å². The van der Waals surface area contributed by atoms with Crippen LogP contribution in [0.4, 0.5) is 10.1 Å². The van der Waals surface area contributed by atoms with Gasteiger partial charge in [-0.15, -0.1) is 0 Å². The number of benzene rings is 1. The van der Waals surface area contributed by atoms with Gasteiger partial charge < -0.3 is 14.8 Å². The number of nitrogens with zero attached hydrogens (tertiary/aromatic N) is 1. The van der Waals surface area contributed by atoms with Gasteiger partial charge in [0.25, 0.3) is 0 Å². The lowest BCUT2D eigenvalue weighted by molar-refractivity contribution is 0.261. The van der Waals surface area contributed by atoms with Gasteiger partial charge in [-0.05, 0) is 43.3 Å². The molecule has 0 spiro atoms. The first kappa shape index (κ1) is 13.6. The molecule has 0 aliphatic rings. The van der Waals surface area contributed by atoms with Crippen LogP contribution >= 0.6 is 0 Å². The summed E-state index contributed by atoms with van der Waals surface area (Å²) in [5.74, 6) is 0.297. The van der Waals surface area contributed by atoms with Crippen LogP contribution in [-0.2, 0) is 0 Å². The van der Waals surface area contributed by atoms with Gasteiger partial charge in [0, 0.05) is 16.8 Å². The van der Waals surface area contributed by atoms with Crippen molar-refractivity contribution in [3.8, 4) is 0 Å². The molecule has 3 rings (SSSR count). The Balaban J connectivity index is 2.05. The highest BCUT2D eigenvalue weighted by molar-refractivity contribution is 5.91. The fourth-order valence-corrected chi connectivity index (χ4v) is 2.33. The van der Waals surface area contributed by atoms with E-state index < -0.39 is 6.04 Å². The average molecular weight is 286 g/mol. The first-order chi connectivity index (χ1) is 10.2. The average Bonchev–Trinajstić information content (AvgIpc) is 2.99. The normalized spacial score (nSPS) is 12.5. The maximum absolute atomic E-state index is 13.5. The Morgan fingerprint density at radius 3 is 2.90 bits per heavy atom. The molecule has 1 aromatic carbocycles. The number of nitrogens with one attached hydrogen (secondary N) is 1. The molecule has 0 aliphatic carbocycles. The Kier molecular flexibility index (Phi) is 3.58. The van der Waals surface area contributed by atoms with Crippen molar-refractivity contribution >= 4 is 16.6 Å². The SMILES string of the molecule is Cc1cc(NC(CO)c2ccco2)c2cc(F)ccc2n1. The molecular formula is C16H15FN2O2. The molecule has 1 atom stereocenters. The van der Waals surface area contributed by atoms with Gasteiger partial charge in [0.1, 0.15) is 17.6 Å². The van der Waals surface area contributed by atoms with Gasteiger partial charge >= 0.3 is 0 Å². The number of fused-ring (bicyclic) bond motifs is 1. The first-order valence-corrected chi connectivity index (χ1v) is 6.65. The summed E-state index contributed by atoms with van der Waals surface area (Å²) < 4.78 is 18.8. The van der Waals surface area contributed by atoms with Crippen LogP contribution in [0, 0.1) is 12.7 Å². The van der Waals surface area contributed by atoms with Gasteiger partial charge in [0.15, 0.2) is 0 Å². The van der Waals surface area contributed by atoms with Crippen LogP contribution in [0.25, 0.3) is 10.9 Å². The number of hydrogen-bond donors (Lipinski definition) is 2. The molecule has 2 N–H and O–H groups in total. The van der Waals surface area contributed by atoms with E-state index in [1.165, 1.54) is 12.1 Å². The lowest BCUT2D eigenvalue weighted by Gasteiger charge is -2.17. The van der Waals surface area contributed by atoms with E-state index in [9.17, 15) is 9.50 Å². The third kappa shape index (κ3) is 2.73. The fourth-order valence-electron chi connectivity index (χ4n) is 2.33. The van der Waals surface area contributed by atoms with Gasteiger partial charge in [-0.2, -0.15) is 0 Å². The molecule has 0 bridgehead atoms. The summed E-state index contributed by atoms with van der Waals surface area (Å²) in [4.78, 5) is 4.38. The zero-order chi connectivity index (χ0) is 14.8. The first-order valence-electron chi connectivity index (χ1n) is 6.65. The molecule has 1 unspecified atom stereocenters. The lowest BCUT2D eigenvalue weighted by Crippen LogP contribution is -2.14. The molecule has 3 aromatic rings. The number of furan rings is 1. The smallest absolute Gasteiger partial charge is 0.128 e. The number of aliphatic hydroxyl groups excluding tert-OH is 1. The minimum atomic E-state index is -0.395. The number of anilines is 1. The Labute approximate surface area is 121 Å². The molecule has 0 saturated heterocycles. The summed E-state index contributed by atoms with van der Waals surface area (Å²) in [6, 6.07) is 9.43. The Morgan fingerprint density at radius 2 is 2.19 bits per heavy atom. The third-order valence-electron chi connectivity index (χ3n) is 3.30. The molecule has 2 heterocycles. The summed E-state index contributed by atoms with van der Waals surface area (Å²) in [6.07, 6.45) is 1.55. The number of aryl methyl sites for hydroxylation is 1. The van der Waals surface area contributed by atoms with Crippen LogP contribution in [0.3, 0.4) is 0 Å². The second-order valence-corrected chi connectivity index (χ2v) is 4.87. The van der Waals surface area contributed by atoms with Crippen LogP contribution in [0.15, 0.2) is 47.1 Å². The maximum Gasteiger partial charge on any atom is 0.128 e. The van der Waals surface area contributed by atoms with E-state index in [1.807, 2.05) is 13.0 Å². The largest absolute Gasteiger partial charge is 0.467 e. The number of aromatic nitrogens is 1. The predicted molar refractivity (Wildman–Crippen MR) is 78.6 cm³/mol. The van der Waals surface area contributed by atoms with Crippen molar-refractivity contribution < 1.29 is 13.9 Å². The third-order valence-corrected chi connectivity index (χ3v) is 3.30. The van der Waals surface area contributed by atoms with E-state index in [4.69, 9.17) is 4.42 Å². The van der Waals surface area contributed by atoms with E-state index in [1.54, 1.807) is 24.5 Å². The Bertz CT molecular complexity index is 756. The lowest BCUT2D eigenvalue weighted by atomic mass is 10.1. The van der Waals surface area contributed by atoms with Crippen molar-refractivity contribution in [2.45, 2.75) is 13.0 Å². The standard InChI is InChI=1S/C16H15FN2O2/c1-10-7-14(12-8-11(17)4-5-13(12)18-10)19-15(9-20)16-3-2-6-21-16/h2-8,15,20H,9H2,1H3,(H,18,19). The number of pyridine rings is 1. The molecule has 2 aromatic heterocycles. The summed E-state index contributed by atoms with van der Waals surface area (Å²) in [5.41, 5.74) is 2.23. The Morgan fingerprint density at radius 1 is 1.33 bits per heavy atom. The van der Waals surface area contributed by atoms with E-state index in [2.05, 4.69) is 10.3 Å². The molecule has 0 fully saturated rings. The minimum Gasteiger partial charge on any atom is -0.467 e. The molecular weight excluding hydrogens is 271 g/mol. The summed E-state index contributed by atoms with van der Waals surface area (Å²) in [6.45, 7) is 1.74. The van der Waals surface area contributed by atoms with E-state index in [0.29, 0.717) is 22.4 Å². The van der Waals surface area contributed by atoms with Crippen LogP contribution in [0.2, 0.25) is 0 Å². The highest BCUT2D eigenvalue weighted by atomic mass is 19.1. The predicted octanol–water partition coefficient (Wildman–Crippen LogP) is 3.42. The number of halogens is 1. The number of aliphatic hydroxyl groups is 1. The number of rotatable bonds is 4. The number of hydrogen-bond acceptors (Lipinski definition) is 4. The van der Waals surface area contributed by atoms with Crippen LogP contribution in [0.1, 0.15) is 17.5 Å². The topological polar surface area (TPSA) is 58.3 Å². The molecule has 0 amide bonds.